The number of para-hydroxylation sites is 1. The Balaban J connectivity index is 1.40. The summed E-state index contributed by atoms with van der Waals surface area (Å²) in [5.74, 6) is 0. The number of aromatic amines is 1. The number of H-pyrrole nitrogens is 1. The molecule has 1 N–H and O–H groups in total. The van der Waals surface area contributed by atoms with E-state index in [4.69, 9.17) is 0 Å². The molecule has 3 heteroatoms. The van der Waals surface area contributed by atoms with Gasteiger partial charge in [0.2, 0.25) is 0 Å². The van der Waals surface area contributed by atoms with E-state index in [1.807, 2.05) is 11.8 Å². The first-order valence-corrected chi connectivity index (χ1v) is 14.0. The molecule has 2 heterocycles. The molecule has 0 unspecified atom stereocenters. The van der Waals surface area contributed by atoms with Crippen molar-refractivity contribution in [2.75, 3.05) is 4.90 Å². The highest BCUT2D eigenvalue weighted by atomic mass is 32.2. The van der Waals surface area contributed by atoms with Crippen LogP contribution < -0.4 is 4.90 Å². The molecule has 5 aromatic carbocycles. The number of fused-ring (bicyclic) bond motifs is 6. The van der Waals surface area contributed by atoms with Crippen LogP contribution in [0.3, 0.4) is 0 Å². The third kappa shape index (κ3) is 3.66. The number of rotatable bonds is 3. The van der Waals surface area contributed by atoms with Crippen molar-refractivity contribution in [3.05, 3.63) is 126 Å². The number of benzene rings is 5. The predicted octanol–water partition coefficient (Wildman–Crippen LogP) is 10.6. The molecule has 0 amide bonds. The van der Waals surface area contributed by atoms with E-state index in [9.17, 15) is 0 Å². The van der Waals surface area contributed by atoms with Crippen molar-refractivity contribution in [1.82, 2.24) is 4.98 Å². The molecule has 6 aromatic rings. The lowest BCUT2D eigenvalue weighted by Crippen LogP contribution is -2.21. The van der Waals surface area contributed by atoms with E-state index < -0.39 is 0 Å². The monoisotopic (exact) mass is 508 g/mol. The van der Waals surface area contributed by atoms with Crippen LogP contribution in [0.15, 0.2) is 131 Å². The fourth-order valence-corrected chi connectivity index (χ4v) is 6.75. The number of hydrogen-bond acceptors (Lipinski definition) is 2. The summed E-state index contributed by atoms with van der Waals surface area (Å²) >= 11 is 1.87. The second-order valence-corrected chi connectivity index (χ2v) is 10.8. The molecule has 0 saturated heterocycles. The van der Waals surface area contributed by atoms with Gasteiger partial charge in [0, 0.05) is 37.3 Å². The Bertz CT molecular complexity index is 1890. The zero-order valence-electron chi connectivity index (χ0n) is 21.5. The minimum Gasteiger partial charge on any atom is -0.354 e. The fraction of sp³-hybridized carbons (Fsp3) is 0.0857. The summed E-state index contributed by atoms with van der Waals surface area (Å²) in [6.07, 6.45) is 5.56. The van der Waals surface area contributed by atoms with Gasteiger partial charge in [0.15, 0.2) is 0 Å². The molecule has 0 atom stereocenters. The first kappa shape index (κ1) is 22.9. The van der Waals surface area contributed by atoms with Gasteiger partial charge in [-0.3, -0.25) is 0 Å². The van der Waals surface area contributed by atoms with Crippen LogP contribution in [0, 0.1) is 0 Å². The molecule has 0 saturated carbocycles. The average molecular weight is 509 g/mol. The van der Waals surface area contributed by atoms with Gasteiger partial charge in [-0.1, -0.05) is 91.5 Å². The molecule has 0 fully saturated rings. The quantitative estimate of drug-likeness (QED) is 0.256. The zero-order chi connectivity index (χ0) is 25.6. The van der Waals surface area contributed by atoms with Crippen molar-refractivity contribution in [2.24, 2.45) is 0 Å². The van der Waals surface area contributed by atoms with Crippen LogP contribution in [0.4, 0.5) is 11.4 Å². The van der Waals surface area contributed by atoms with Crippen molar-refractivity contribution >= 4 is 55.7 Å². The van der Waals surface area contributed by atoms with Crippen LogP contribution in [-0.4, -0.2) is 4.98 Å². The Hall–Kier alpha value is -4.21. The van der Waals surface area contributed by atoms with Crippen molar-refractivity contribution in [1.29, 1.82) is 0 Å². The molecule has 0 spiro atoms. The Morgan fingerprint density at radius 2 is 1.53 bits per heavy atom. The lowest BCUT2D eigenvalue weighted by atomic mass is 9.99. The largest absolute Gasteiger partial charge is 0.354 e. The van der Waals surface area contributed by atoms with Crippen LogP contribution >= 0.6 is 11.8 Å². The maximum atomic E-state index is 3.63. The SMILES string of the molecule is C/C=C1/Sc2cc(-c3ccc4[nH]c5ccc6ccccc6c5c4c3)ccc2N(c2ccccc2)/C1=C/CC. The van der Waals surface area contributed by atoms with Crippen LogP contribution in [0.2, 0.25) is 0 Å². The standard InChI is InChI=1S/C35H28N2S/c1-3-10-31-33(4-2)38-34-22-25(17-20-32(34)37(31)26-12-6-5-7-13-26)24-16-18-29-28(21-24)35-27-14-9-8-11-23(27)15-19-30(35)36-29/h4-22,36H,3H2,1-2H3/b31-10+,33-4+. The highest BCUT2D eigenvalue weighted by molar-refractivity contribution is 8.03. The smallest absolute Gasteiger partial charge is 0.0601 e. The van der Waals surface area contributed by atoms with Gasteiger partial charge < -0.3 is 9.88 Å². The maximum Gasteiger partial charge on any atom is 0.0601 e. The number of nitrogens with zero attached hydrogens (tertiary/aromatic N) is 1. The molecule has 1 aromatic heterocycles. The van der Waals surface area contributed by atoms with Crippen LogP contribution in [0.1, 0.15) is 20.3 Å². The van der Waals surface area contributed by atoms with Gasteiger partial charge in [-0.25, -0.2) is 0 Å². The van der Waals surface area contributed by atoms with E-state index in [2.05, 4.69) is 139 Å². The lowest BCUT2D eigenvalue weighted by molar-refractivity contribution is 1.10. The lowest BCUT2D eigenvalue weighted by Gasteiger charge is -2.35. The third-order valence-electron chi connectivity index (χ3n) is 7.41. The number of allylic oxidation sites excluding steroid dienone is 2. The molecule has 2 nitrogen and oxygen atoms in total. The number of aromatic nitrogens is 1. The van der Waals surface area contributed by atoms with E-state index in [-0.39, 0.29) is 0 Å². The Morgan fingerprint density at radius 3 is 2.37 bits per heavy atom. The minimum absolute atomic E-state index is 0.989. The Labute approximate surface area is 227 Å². The van der Waals surface area contributed by atoms with E-state index >= 15 is 0 Å². The number of thioether (sulfide) groups is 1. The summed E-state index contributed by atoms with van der Waals surface area (Å²) in [7, 11) is 0. The van der Waals surface area contributed by atoms with Gasteiger partial charge in [0.25, 0.3) is 0 Å². The number of anilines is 2. The van der Waals surface area contributed by atoms with Crippen molar-refractivity contribution < 1.29 is 0 Å². The highest BCUT2D eigenvalue weighted by Crippen LogP contribution is 2.50. The summed E-state index contributed by atoms with van der Waals surface area (Å²) in [6, 6.07) is 37.5. The molecule has 0 radical (unpaired) electrons. The summed E-state index contributed by atoms with van der Waals surface area (Å²) in [4.78, 5) is 8.60. The molecule has 184 valence electrons. The van der Waals surface area contributed by atoms with Crippen LogP contribution in [-0.2, 0) is 0 Å². The van der Waals surface area contributed by atoms with Gasteiger partial charge in [-0.2, -0.15) is 0 Å². The molecular weight excluding hydrogens is 480 g/mol. The second-order valence-electron chi connectivity index (χ2n) is 9.70. The van der Waals surface area contributed by atoms with Crippen molar-refractivity contribution in [3.63, 3.8) is 0 Å². The van der Waals surface area contributed by atoms with E-state index in [0.717, 1.165) is 6.42 Å². The van der Waals surface area contributed by atoms with Gasteiger partial charge >= 0.3 is 0 Å². The van der Waals surface area contributed by atoms with Gasteiger partial charge in [0.05, 0.1) is 11.4 Å². The van der Waals surface area contributed by atoms with E-state index in [1.54, 1.807) is 0 Å². The molecule has 7 rings (SSSR count). The maximum absolute atomic E-state index is 3.63. The fourth-order valence-electron chi connectivity index (χ4n) is 5.67. The zero-order valence-corrected chi connectivity index (χ0v) is 22.3. The normalized spacial score (nSPS) is 15.7. The third-order valence-corrected chi connectivity index (χ3v) is 8.62. The molecule has 0 bridgehead atoms. The predicted molar refractivity (Wildman–Crippen MR) is 165 cm³/mol. The summed E-state index contributed by atoms with van der Waals surface area (Å²) in [5.41, 5.74) is 8.51. The summed E-state index contributed by atoms with van der Waals surface area (Å²) in [6.45, 7) is 4.34. The van der Waals surface area contributed by atoms with Crippen molar-refractivity contribution in [3.8, 4) is 11.1 Å². The summed E-state index contributed by atoms with van der Waals surface area (Å²) < 4.78 is 0. The first-order chi connectivity index (χ1) is 18.7. The second kappa shape index (κ2) is 9.27. The molecular formula is C35H28N2S. The molecule has 38 heavy (non-hydrogen) atoms. The Kier molecular flexibility index (Phi) is 5.60. The first-order valence-electron chi connectivity index (χ1n) is 13.2. The minimum atomic E-state index is 0.989. The topological polar surface area (TPSA) is 19.0 Å². The molecule has 1 aliphatic rings. The van der Waals surface area contributed by atoms with E-state index in [0.29, 0.717) is 0 Å². The van der Waals surface area contributed by atoms with Gasteiger partial charge in [-0.15, -0.1) is 0 Å². The average Bonchev–Trinajstić information content (AvgIpc) is 3.35. The Morgan fingerprint density at radius 1 is 0.763 bits per heavy atom. The van der Waals surface area contributed by atoms with Gasteiger partial charge in [-0.05, 0) is 77.7 Å². The van der Waals surface area contributed by atoms with Crippen LogP contribution in [0.5, 0.6) is 0 Å². The molecule has 0 aliphatic carbocycles. The van der Waals surface area contributed by atoms with Crippen molar-refractivity contribution in [2.45, 2.75) is 25.2 Å². The highest BCUT2D eigenvalue weighted by Gasteiger charge is 2.27. The van der Waals surface area contributed by atoms with Crippen LogP contribution in [0.25, 0.3) is 43.7 Å². The van der Waals surface area contributed by atoms with Gasteiger partial charge in [0.1, 0.15) is 0 Å². The molecule has 1 aliphatic heterocycles. The summed E-state index contributed by atoms with van der Waals surface area (Å²) in [5, 5.41) is 5.13. The number of hydrogen-bond donors (Lipinski definition) is 1. The number of nitrogens with one attached hydrogen (secondary N) is 1. The van der Waals surface area contributed by atoms with E-state index in [1.165, 1.54) is 70.6 Å².